The number of nitrogens with zero attached hydrogens (tertiary/aromatic N) is 2. The van der Waals surface area contributed by atoms with Crippen molar-refractivity contribution in [2.45, 2.75) is 9.24 Å². The second-order valence-electron chi connectivity index (χ2n) is 2.35. The van der Waals surface area contributed by atoms with Crippen LogP contribution in [-0.4, -0.2) is 9.36 Å². The number of para-hydroxylation sites is 1. The highest BCUT2D eigenvalue weighted by Crippen LogP contribution is 2.31. The molecule has 0 spiro atoms. The van der Waals surface area contributed by atoms with Crippen molar-refractivity contribution in [2.75, 3.05) is 5.73 Å². The van der Waals surface area contributed by atoms with Crippen LogP contribution in [0, 0.1) is 0 Å². The molecular formula is C8H7N3S2. The van der Waals surface area contributed by atoms with Gasteiger partial charge in [-0.3, -0.25) is 0 Å². The lowest BCUT2D eigenvalue weighted by Gasteiger charge is -2.00. The van der Waals surface area contributed by atoms with Crippen LogP contribution in [0.4, 0.5) is 5.69 Å². The van der Waals surface area contributed by atoms with Gasteiger partial charge >= 0.3 is 0 Å². The van der Waals surface area contributed by atoms with Gasteiger partial charge in [0.1, 0.15) is 6.33 Å². The van der Waals surface area contributed by atoms with E-state index < -0.39 is 0 Å². The van der Waals surface area contributed by atoms with Crippen LogP contribution in [0.15, 0.2) is 39.8 Å². The molecule has 2 rings (SSSR count). The molecule has 0 unspecified atom stereocenters. The number of hydrogen-bond acceptors (Lipinski definition) is 5. The Morgan fingerprint density at radius 3 is 2.85 bits per heavy atom. The first kappa shape index (κ1) is 8.52. The minimum atomic E-state index is 0.780. The number of nitrogens with two attached hydrogens (primary N) is 1. The summed E-state index contributed by atoms with van der Waals surface area (Å²) in [7, 11) is 0. The van der Waals surface area contributed by atoms with Gasteiger partial charge < -0.3 is 5.73 Å². The molecule has 3 nitrogen and oxygen atoms in total. The molecule has 2 aromatic rings. The van der Waals surface area contributed by atoms with Gasteiger partial charge in [0.15, 0.2) is 4.34 Å². The van der Waals surface area contributed by atoms with E-state index in [4.69, 9.17) is 5.73 Å². The molecule has 1 aromatic heterocycles. The maximum Gasteiger partial charge on any atom is 0.174 e. The summed E-state index contributed by atoms with van der Waals surface area (Å²) in [6.07, 6.45) is 1.55. The van der Waals surface area contributed by atoms with E-state index in [1.165, 1.54) is 11.5 Å². The molecule has 0 atom stereocenters. The Bertz CT molecular complexity index is 386. The van der Waals surface area contributed by atoms with Crippen molar-refractivity contribution in [1.29, 1.82) is 0 Å². The second-order valence-corrected chi connectivity index (χ2v) is 4.42. The fourth-order valence-corrected chi connectivity index (χ4v) is 2.32. The summed E-state index contributed by atoms with van der Waals surface area (Å²) in [5.41, 5.74) is 6.55. The van der Waals surface area contributed by atoms with Gasteiger partial charge in [-0.15, -0.1) is 0 Å². The number of rotatable bonds is 2. The Kier molecular flexibility index (Phi) is 2.47. The Labute approximate surface area is 84.2 Å². The highest BCUT2D eigenvalue weighted by molar-refractivity contribution is 8.01. The third-order valence-corrected chi connectivity index (χ3v) is 3.26. The molecule has 13 heavy (non-hydrogen) atoms. The van der Waals surface area contributed by atoms with Gasteiger partial charge in [-0.1, -0.05) is 23.9 Å². The van der Waals surface area contributed by atoms with E-state index in [0.29, 0.717) is 0 Å². The van der Waals surface area contributed by atoms with Crippen LogP contribution < -0.4 is 5.73 Å². The monoisotopic (exact) mass is 209 g/mol. The molecule has 5 heteroatoms. The van der Waals surface area contributed by atoms with E-state index in [2.05, 4.69) is 9.36 Å². The quantitative estimate of drug-likeness (QED) is 0.771. The molecule has 1 heterocycles. The van der Waals surface area contributed by atoms with Crippen molar-refractivity contribution < 1.29 is 0 Å². The number of hydrogen-bond donors (Lipinski definition) is 1. The first-order chi connectivity index (χ1) is 6.36. The Balaban J connectivity index is 2.24. The fraction of sp³-hybridized carbons (Fsp3) is 0. The molecule has 0 fully saturated rings. The highest BCUT2D eigenvalue weighted by atomic mass is 32.2. The maximum absolute atomic E-state index is 5.77. The summed E-state index contributed by atoms with van der Waals surface area (Å²) in [6.45, 7) is 0. The standard InChI is InChI=1S/C8H7N3S2/c9-6-3-1-2-4-7(6)12-8-10-5-11-13-8/h1-5H,9H2. The molecule has 0 saturated heterocycles. The average Bonchev–Trinajstić information content (AvgIpc) is 2.61. The van der Waals surface area contributed by atoms with Crippen LogP contribution in [0.2, 0.25) is 0 Å². The molecule has 0 bridgehead atoms. The van der Waals surface area contributed by atoms with Crippen molar-refractivity contribution in [3.63, 3.8) is 0 Å². The second kappa shape index (κ2) is 3.76. The number of anilines is 1. The zero-order chi connectivity index (χ0) is 9.10. The van der Waals surface area contributed by atoms with Gasteiger partial charge in [0.25, 0.3) is 0 Å². The van der Waals surface area contributed by atoms with E-state index >= 15 is 0 Å². The van der Waals surface area contributed by atoms with Gasteiger partial charge in [-0.2, -0.15) is 4.37 Å². The van der Waals surface area contributed by atoms with Crippen LogP contribution >= 0.6 is 23.3 Å². The van der Waals surface area contributed by atoms with Crippen molar-refractivity contribution in [2.24, 2.45) is 0 Å². The van der Waals surface area contributed by atoms with E-state index in [1.807, 2.05) is 24.3 Å². The maximum atomic E-state index is 5.77. The summed E-state index contributed by atoms with van der Waals surface area (Å²) >= 11 is 2.91. The van der Waals surface area contributed by atoms with E-state index in [9.17, 15) is 0 Å². The third kappa shape index (κ3) is 1.99. The summed E-state index contributed by atoms with van der Waals surface area (Å²) in [4.78, 5) is 5.09. The molecule has 2 N–H and O–H groups in total. The lowest BCUT2D eigenvalue weighted by molar-refractivity contribution is 1.21. The summed E-state index contributed by atoms with van der Waals surface area (Å²) in [5, 5.41) is 0. The minimum absolute atomic E-state index is 0.780. The molecule has 0 aliphatic rings. The molecule has 66 valence electrons. The van der Waals surface area contributed by atoms with Crippen LogP contribution in [0.25, 0.3) is 0 Å². The van der Waals surface area contributed by atoms with E-state index in [0.717, 1.165) is 14.9 Å². The molecule has 0 aliphatic heterocycles. The molecule has 0 aliphatic carbocycles. The van der Waals surface area contributed by atoms with Crippen LogP contribution in [0.1, 0.15) is 0 Å². The third-order valence-electron chi connectivity index (χ3n) is 1.46. The van der Waals surface area contributed by atoms with Crippen LogP contribution in [0.3, 0.4) is 0 Å². The minimum Gasteiger partial charge on any atom is -0.398 e. The predicted molar refractivity (Wildman–Crippen MR) is 54.9 cm³/mol. The Morgan fingerprint density at radius 1 is 1.31 bits per heavy atom. The highest BCUT2D eigenvalue weighted by Gasteiger charge is 2.02. The van der Waals surface area contributed by atoms with E-state index in [-0.39, 0.29) is 0 Å². The smallest absolute Gasteiger partial charge is 0.174 e. The van der Waals surface area contributed by atoms with Crippen molar-refractivity contribution >= 4 is 29.0 Å². The molecular weight excluding hydrogens is 202 g/mol. The molecule has 1 aromatic carbocycles. The number of nitrogen functional groups attached to an aromatic ring is 1. The molecule has 0 saturated carbocycles. The summed E-state index contributed by atoms with van der Waals surface area (Å²) < 4.78 is 4.83. The lowest BCUT2D eigenvalue weighted by atomic mass is 10.3. The number of benzene rings is 1. The van der Waals surface area contributed by atoms with Gasteiger partial charge in [-0.25, -0.2) is 4.98 Å². The Hall–Kier alpha value is -1.07. The predicted octanol–water partition coefficient (Wildman–Crippen LogP) is 2.27. The zero-order valence-corrected chi connectivity index (χ0v) is 8.31. The van der Waals surface area contributed by atoms with Crippen LogP contribution in [0.5, 0.6) is 0 Å². The summed E-state index contributed by atoms with van der Waals surface area (Å²) in [6, 6.07) is 7.73. The van der Waals surface area contributed by atoms with Crippen LogP contribution in [-0.2, 0) is 0 Å². The average molecular weight is 209 g/mol. The van der Waals surface area contributed by atoms with Crippen molar-refractivity contribution in [3.05, 3.63) is 30.6 Å². The Morgan fingerprint density at radius 2 is 2.15 bits per heavy atom. The molecule has 0 radical (unpaired) electrons. The van der Waals surface area contributed by atoms with E-state index in [1.54, 1.807) is 18.1 Å². The first-order valence-corrected chi connectivity index (χ1v) is 5.24. The first-order valence-electron chi connectivity index (χ1n) is 3.65. The van der Waals surface area contributed by atoms with Gasteiger partial charge in [0, 0.05) is 10.6 Å². The fourth-order valence-electron chi connectivity index (χ4n) is 0.875. The van der Waals surface area contributed by atoms with Crippen molar-refractivity contribution in [1.82, 2.24) is 9.36 Å². The normalized spacial score (nSPS) is 10.2. The lowest BCUT2D eigenvalue weighted by Crippen LogP contribution is -1.86. The zero-order valence-electron chi connectivity index (χ0n) is 6.68. The SMILES string of the molecule is Nc1ccccc1Sc1ncns1. The van der Waals surface area contributed by atoms with Gasteiger partial charge in [0.05, 0.1) is 0 Å². The van der Waals surface area contributed by atoms with Gasteiger partial charge in [0.2, 0.25) is 0 Å². The molecule has 0 amide bonds. The van der Waals surface area contributed by atoms with Crippen molar-refractivity contribution in [3.8, 4) is 0 Å². The largest absolute Gasteiger partial charge is 0.398 e. The topological polar surface area (TPSA) is 51.8 Å². The summed E-state index contributed by atoms with van der Waals surface area (Å²) in [5.74, 6) is 0. The number of aromatic nitrogens is 2. The van der Waals surface area contributed by atoms with Gasteiger partial charge in [-0.05, 0) is 23.7 Å².